The van der Waals surface area contributed by atoms with E-state index in [1.54, 1.807) is 4.90 Å². The maximum absolute atomic E-state index is 12.2. The van der Waals surface area contributed by atoms with Crippen molar-refractivity contribution in [3.8, 4) is 0 Å². The highest BCUT2D eigenvalue weighted by atomic mass is 16.6. The first kappa shape index (κ1) is 21.7. The van der Waals surface area contributed by atoms with Crippen LogP contribution in [0, 0.1) is 5.92 Å². The van der Waals surface area contributed by atoms with Crippen molar-refractivity contribution >= 4 is 23.7 Å². The van der Waals surface area contributed by atoms with Crippen LogP contribution >= 0.6 is 0 Å². The molecule has 2 rings (SSSR count). The van der Waals surface area contributed by atoms with E-state index in [1.165, 1.54) is 5.56 Å². The van der Waals surface area contributed by atoms with Gasteiger partial charge in [0.15, 0.2) is 6.61 Å². The average molecular weight is 390 g/mol. The van der Waals surface area contributed by atoms with Crippen molar-refractivity contribution in [2.24, 2.45) is 5.92 Å². The highest BCUT2D eigenvalue weighted by Gasteiger charge is 2.30. The highest BCUT2D eigenvalue weighted by Crippen LogP contribution is 2.21. The van der Waals surface area contributed by atoms with Gasteiger partial charge in [-0.25, -0.2) is 4.79 Å². The number of hydrogen-bond donors (Lipinski definition) is 1. The summed E-state index contributed by atoms with van der Waals surface area (Å²) >= 11 is 0. The monoisotopic (exact) mass is 390 g/mol. The standard InChI is InChI=1S/C21H30N2O5/c1-5-15-6-8-17(9-7-15)22-18(24)14-27-19(25)16-10-12-23(13-11-16)20(26)28-21(2,3)4/h6-9,16H,5,10-14H2,1-4H3,(H,22,24). The number of carbonyl (C=O) groups excluding carboxylic acids is 3. The van der Waals surface area contributed by atoms with Gasteiger partial charge in [-0.05, 0) is 57.7 Å². The van der Waals surface area contributed by atoms with E-state index in [0.29, 0.717) is 31.6 Å². The summed E-state index contributed by atoms with van der Waals surface area (Å²) in [4.78, 5) is 37.8. The Bertz CT molecular complexity index is 686. The molecule has 0 unspecified atom stereocenters. The Labute approximate surface area is 166 Å². The fourth-order valence-corrected chi connectivity index (χ4v) is 2.90. The summed E-state index contributed by atoms with van der Waals surface area (Å²) in [6.07, 6.45) is 1.56. The number of likely N-dealkylation sites (tertiary alicyclic amines) is 1. The second-order valence-corrected chi connectivity index (χ2v) is 7.95. The summed E-state index contributed by atoms with van der Waals surface area (Å²) in [7, 11) is 0. The number of hydrogen-bond acceptors (Lipinski definition) is 5. The molecule has 0 atom stereocenters. The van der Waals surface area contributed by atoms with E-state index in [9.17, 15) is 14.4 Å². The number of nitrogens with zero attached hydrogens (tertiary/aromatic N) is 1. The summed E-state index contributed by atoms with van der Waals surface area (Å²) in [6, 6.07) is 7.54. The zero-order chi connectivity index (χ0) is 20.7. The Kier molecular flexibility index (Phi) is 7.43. The molecule has 1 aromatic carbocycles. The fourth-order valence-electron chi connectivity index (χ4n) is 2.90. The molecule has 1 aromatic rings. The van der Waals surface area contributed by atoms with Crippen molar-refractivity contribution < 1.29 is 23.9 Å². The van der Waals surface area contributed by atoms with Gasteiger partial charge in [-0.2, -0.15) is 0 Å². The molecule has 1 fully saturated rings. The van der Waals surface area contributed by atoms with Crippen LogP contribution in [0.15, 0.2) is 24.3 Å². The smallest absolute Gasteiger partial charge is 0.410 e. The van der Waals surface area contributed by atoms with Crippen LogP contribution in [0.5, 0.6) is 0 Å². The van der Waals surface area contributed by atoms with Gasteiger partial charge in [-0.3, -0.25) is 9.59 Å². The van der Waals surface area contributed by atoms with E-state index in [1.807, 2.05) is 45.0 Å². The summed E-state index contributed by atoms with van der Waals surface area (Å²) in [5.74, 6) is -1.08. The summed E-state index contributed by atoms with van der Waals surface area (Å²) in [6.45, 7) is 8.07. The molecule has 7 heteroatoms. The van der Waals surface area contributed by atoms with Gasteiger partial charge < -0.3 is 19.7 Å². The minimum absolute atomic E-state index is 0.310. The van der Waals surface area contributed by atoms with Gasteiger partial charge in [0, 0.05) is 18.8 Å². The summed E-state index contributed by atoms with van der Waals surface area (Å²) < 4.78 is 10.5. The second kappa shape index (κ2) is 9.57. The molecule has 0 aromatic heterocycles. The van der Waals surface area contributed by atoms with Gasteiger partial charge in [-0.15, -0.1) is 0 Å². The molecule has 154 valence electrons. The summed E-state index contributed by atoms with van der Waals surface area (Å²) in [5.41, 5.74) is 1.31. The normalized spacial score (nSPS) is 15.1. The van der Waals surface area contributed by atoms with Gasteiger partial charge in [0.1, 0.15) is 5.60 Å². The van der Waals surface area contributed by atoms with Crippen LogP contribution in [0.1, 0.15) is 46.1 Å². The zero-order valence-electron chi connectivity index (χ0n) is 17.1. The van der Waals surface area contributed by atoms with Crippen LogP contribution in [0.4, 0.5) is 10.5 Å². The number of amides is 2. The lowest BCUT2D eigenvalue weighted by molar-refractivity contribution is -0.153. The number of anilines is 1. The van der Waals surface area contributed by atoms with Crippen molar-refractivity contribution in [3.63, 3.8) is 0 Å². The van der Waals surface area contributed by atoms with Gasteiger partial charge in [0.05, 0.1) is 5.92 Å². The van der Waals surface area contributed by atoms with Crippen LogP contribution in [0.3, 0.4) is 0 Å². The molecule has 0 aliphatic carbocycles. The Morgan fingerprint density at radius 3 is 2.25 bits per heavy atom. The molecule has 28 heavy (non-hydrogen) atoms. The van der Waals surface area contributed by atoms with Crippen molar-refractivity contribution in [2.45, 2.75) is 52.6 Å². The van der Waals surface area contributed by atoms with Gasteiger partial charge in [0.2, 0.25) is 0 Å². The first-order valence-corrected chi connectivity index (χ1v) is 9.71. The molecule has 1 heterocycles. The first-order chi connectivity index (χ1) is 13.2. The van der Waals surface area contributed by atoms with Crippen LogP contribution in [-0.4, -0.2) is 48.2 Å². The van der Waals surface area contributed by atoms with Crippen LogP contribution < -0.4 is 5.32 Å². The van der Waals surface area contributed by atoms with Gasteiger partial charge >= 0.3 is 12.1 Å². The molecule has 0 bridgehead atoms. The maximum Gasteiger partial charge on any atom is 0.410 e. The number of ether oxygens (including phenoxy) is 2. The molecule has 1 saturated heterocycles. The first-order valence-electron chi connectivity index (χ1n) is 9.71. The highest BCUT2D eigenvalue weighted by molar-refractivity contribution is 5.92. The molecule has 1 aliphatic heterocycles. The Balaban J connectivity index is 1.72. The molecule has 0 saturated carbocycles. The number of esters is 1. The number of benzene rings is 1. The lowest BCUT2D eigenvalue weighted by atomic mass is 9.97. The third-order valence-corrected chi connectivity index (χ3v) is 4.47. The SMILES string of the molecule is CCc1ccc(NC(=O)COC(=O)C2CCN(C(=O)OC(C)(C)C)CC2)cc1. The minimum atomic E-state index is -0.545. The van der Waals surface area contributed by atoms with Crippen LogP contribution in [0.2, 0.25) is 0 Å². The predicted molar refractivity (Wildman–Crippen MR) is 106 cm³/mol. The lowest BCUT2D eigenvalue weighted by Gasteiger charge is -2.32. The molecule has 1 aliphatic rings. The maximum atomic E-state index is 12.2. The van der Waals surface area contributed by atoms with E-state index >= 15 is 0 Å². The van der Waals surface area contributed by atoms with Crippen molar-refractivity contribution in [2.75, 3.05) is 25.0 Å². The fraction of sp³-hybridized carbons (Fsp3) is 0.571. The number of nitrogens with one attached hydrogen (secondary N) is 1. The summed E-state index contributed by atoms with van der Waals surface area (Å²) in [5, 5.41) is 2.71. The molecule has 0 radical (unpaired) electrons. The van der Waals surface area contributed by atoms with Crippen molar-refractivity contribution in [3.05, 3.63) is 29.8 Å². The minimum Gasteiger partial charge on any atom is -0.455 e. The average Bonchev–Trinajstić information content (AvgIpc) is 2.65. The van der Waals surface area contributed by atoms with Crippen molar-refractivity contribution in [1.82, 2.24) is 4.90 Å². The van der Waals surface area contributed by atoms with Crippen LogP contribution in [0.25, 0.3) is 0 Å². The largest absolute Gasteiger partial charge is 0.455 e. The topological polar surface area (TPSA) is 84.9 Å². The third kappa shape index (κ3) is 6.87. The van der Waals surface area contributed by atoms with Crippen LogP contribution in [-0.2, 0) is 25.5 Å². The van der Waals surface area contributed by atoms with E-state index < -0.39 is 11.6 Å². The third-order valence-electron chi connectivity index (χ3n) is 4.47. The predicted octanol–water partition coefficient (Wildman–Crippen LogP) is 3.38. The van der Waals surface area contributed by atoms with E-state index in [-0.39, 0.29) is 24.5 Å². The Morgan fingerprint density at radius 2 is 1.71 bits per heavy atom. The van der Waals surface area contributed by atoms with E-state index in [0.717, 1.165) is 6.42 Å². The molecular formula is C21H30N2O5. The molecule has 7 nitrogen and oxygen atoms in total. The van der Waals surface area contributed by atoms with Gasteiger partial charge in [0.25, 0.3) is 5.91 Å². The lowest BCUT2D eigenvalue weighted by Crippen LogP contribution is -2.43. The molecule has 0 spiro atoms. The quantitative estimate of drug-likeness (QED) is 0.779. The number of piperidine rings is 1. The number of carbonyl (C=O) groups is 3. The Morgan fingerprint density at radius 1 is 1.11 bits per heavy atom. The molecule has 1 N–H and O–H groups in total. The van der Waals surface area contributed by atoms with Gasteiger partial charge in [-0.1, -0.05) is 19.1 Å². The number of aryl methyl sites for hydroxylation is 1. The van der Waals surface area contributed by atoms with E-state index in [2.05, 4.69) is 12.2 Å². The zero-order valence-corrected chi connectivity index (χ0v) is 17.1. The Hall–Kier alpha value is -2.57. The second-order valence-electron chi connectivity index (χ2n) is 7.95. The van der Waals surface area contributed by atoms with Crippen molar-refractivity contribution in [1.29, 1.82) is 0 Å². The molecular weight excluding hydrogens is 360 g/mol. The molecule has 2 amide bonds. The number of rotatable bonds is 5. The van der Waals surface area contributed by atoms with E-state index in [4.69, 9.17) is 9.47 Å².